The minimum absolute atomic E-state index is 0.0940. The Labute approximate surface area is 285 Å². The maximum absolute atomic E-state index is 16.2. The smallest absolute Gasteiger partial charge is 0.414 e. The van der Waals surface area contributed by atoms with Crippen molar-refractivity contribution in [1.29, 1.82) is 0 Å². The third-order valence-electron chi connectivity index (χ3n) is 10.6. The van der Waals surface area contributed by atoms with Gasteiger partial charge in [0.2, 0.25) is 0 Å². The lowest BCUT2D eigenvalue weighted by atomic mass is 10.1. The van der Waals surface area contributed by atoms with Crippen LogP contribution in [0, 0.1) is 5.82 Å². The minimum atomic E-state index is -5.28. The van der Waals surface area contributed by atoms with E-state index in [0.29, 0.717) is 0 Å². The number of hydrogen-bond acceptors (Lipinski definition) is 8. The lowest BCUT2D eigenvalue weighted by molar-refractivity contribution is -0.167. The summed E-state index contributed by atoms with van der Waals surface area (Å²) in [6.07, 6.45) is -7.13. The van der Waals surface area contributed by atoms with Crippen LogP contribution in [-0.2, 0) is 22.8 Å². The molecule has 4 atom stereocenters. The summed E-state index contributed by atoms with van der Waals surface area (Å²) >= 11 is 0. The van der Waals surface area contributed by atoms with Crippen LogP contribution in [0.25, 0.3) is 11.0 Å². The highest BCUT2D eigenvalue weighted by Gasteiger charge is 2.55. The van der Waals surface area contributed by atoms with Gasteiger partial charge in [-0.25, -0.2) is 14.4 Å². The van der Waals surface area contributed by atoms with Crippen LogP contribution in [0.15, 0.2) is 6.33 Å². The molecule has 274 valence electrons. The largest absolute Gasteiger partial charge is 0.471 e. The van der Waals surface area contributed by atoms with Crippen LogP contribution in [0.3, 0.4) is 0 Å². The van der Waals surface area contributed by atoms with Crippen molar-refractivity contribution in [3.8, 4) is 0 Å². The molecule has 10 nitrogen and oxygen atoms in total. The molecule has 17 heteroatoms. The van der Waals surface area contributed by atoms with Crippen molar-refractivity contribution >= 4 is 53.5 Å². The van der Waals surface area contributed by atoms with Gasteiger partial charge in [-0.05, 0) is 54.4 Å². The lowest BCUT2D eigenvalue weighted by Gasteiger charge is -2.44. The normalized spacial score (nSPS) is 22.1. The molecular formula is C31H55F4N5O5Si3. The Morgan fingerprint density at radius 1 is 0.896 bits per heavy atom. The van der Waals surface area contributed by atoms with Gasteiger partial charge in [0.25, 0.3) is 0 Å². The average molecular weight is 738 g/mol. The van der Waals surface area contributed by atoms with Crippen LogP contribution < -0.4 is 11.1 Å². The van der Waals surface area contributed by atoms with Crippen molar-refractivity contribution in [2.75, 3.05) is 17.7 Å². The Kier molecular flexibility index (Phi) is 11.0. The van der Waals surface area contributed by atoms with Gasteiger partial charge in [0.15, 0.2) is 48.6 Å². The van der Waals surface area contributed by atoms with Crippen molar-refractivity contribution in [3.63, 3.8) is 0 Å². The monoisotopic (exact) mass is 737 g/mol. The lowest BCUT2D eigenvalue weighted by Crippen LogP contribution is -2.54. The maximum Gasteiger partial charge on any atom is 0.471 e. The first-order valence-electron chi connectivity index (χ1n) is 16.2. The van der Waals surface area contributed by atoms with E-state index in [1.165, 1.54) is 16.2 Å². The summed E-state index contributed by atoms with van der Waals surface area (Å²) in [5.74, 6) is -4.97. The van der Waals surface area contributed by atoms with E-state index in [1.54, 1.807) is 0 Å². The number of imidazole rings is 1. The molecule has 1 aliphatic rings. The second-order valence-electron chi connectivity index (χ2n) is 17.3. The van der Waals surface area contributed by atoms with Gasteiger partial charge in [-0.15, -0.1) is 0 Å². The van der Waals surface area contributed by atoms with E-state index in [2.05, 4.69) is 112 Å². The number of rotatable bonds is 9. The van der Waals surface area contributed by atoms with Gasteiger partial charge in [-0.1, -0.05) is 62.3 Å². The second kappa shape index (κ2) is 13.0. The van der Waals surface area contributed by atoms with Gasteiger partial charge < -0.3 is 29.1 Å². The summed E-state index contributed by atoms with van der Waals surface area (Å²) in [4.78, 5) is 19.7. The van der Waals surface area contributed by atoms with Gasteiger partial charge >= 0.3 is 12.1 Å². The van der Waals surface area contributed by atoms with Gasteiger partial charge in [0.05, 0.1) is 12.9 Å². The van der Waals surface area contributed by atoms with Crippen LogP contribution in [0.1, 0.15) is 68.5 Å². The number of halogens is 4. The first-order valence-corrected chi connectivity index (χ1v) is 24.9. The zero-order valence-electron chi connectivity index (χ0n) is 31.1. The molecule has 2 aromatic heterocycles. The van der Waals surface area contributed by atoms with Crippen LogP contribution in [0.2, 0.25) is 54.4 Å². The van der Waals surface area contributed by atoms with E-state index in [-0.39, 0.29) is 38.6 Å². The van der Waals surface area contributed by atoms with E-state index < -0.39 is 73.2 Å². The van der Waals surface area contributed by atoms with Gasteiger partial charge in [-0.3, -0.25) is 9.36 Å². The standard InChI is InChI=1S/C31H55F4N5O5Si3/c1-28(2,3)46(10,11)42-16-18-22(44-47(12,13)29(4,5)6)23(45-48(14,15)30(7,8)9)26(43-18)40-17-37-20-21(40)19(32)25(38-24(20)36)39-27(41)31(33,34)35/h17-18,22-23,26H,16H2,1-15H3,(H3,36,38,39,41)/t18-,22-,23-,26-/m1/s1. The zero-order valence-corrected chi connectivity index (χ0v) is 34.1. The van der Waals surface area contributed by atoms with Crippen molar-refractivity contribution in [2.45, 2.75) is 147 Å². The molecule has 0 aromatic carbocycles. The van der Waals surface area contributed by atoms with Crippen molar-refractivity contribution in [2.24, 2.45) is 0 Å². The summed E-state index contributed by atoms with van der Waals surface area (Å²) in [5, 5.41) is 0.992. The summed E-state index contributed by atoms with van der Waals surface area (Å²) in [6, 6.07) is 0. The number of nitrogen functional groups attached to an aromatic ring is 1. The van der Waals surface area contributed by atoms with Gasteiger partial charge in [-0.2, -0.15) is 13.2 Å². The average Bonchev–Trinajstić information content (AvgIpc) is 3.45. The Hall–Kier alpha value is -1.90. The number of nitrogens with one attached hydrogen (secondary N) is 1. The van der Waals surface area contributed by atoms with E-state index >= 15 is 4.39 Å². The fourth-order valence-corrected chi connectivity index (χ4v) is 8.05. The van der Waals surface area contributed by atoms with Crippen LogP contribution in [0.5, 0.6) is 0 Å². The number of alkyl halides is 3. The summed E-state index contributed by atoms with van der Waals surface area (Å²) in [5.41, 5.74) is 5.66. The number of amides is 1. The molecule has 1 aliphatic heterocycles. The molecule has 0 unspecified atom stereocenters. The molecule has 3 N–H and O–H groups in total. The fourth-order valence-electron chi connectivity index (χ4n) is 4.43. The molecule has 0 spiro atoms. The predicted molar refractivity (Wildman–Crippen MR) is 188 cm³/mol. The first-order chi connectivity index (χ1) is 21.3. The maximum atomic E-state index is 16.2. The summed E-state index contributed by atoms with van der Waals surface area (Å²) < 4.78 is 84.5. The number of nitrogens with two attached hydrogens (primary N) is 1. The van der Waals surface area contributed by atoms with Crippen LogP contribution >= 0.6 is 0 Å². The Balaban J connectivity index is 2.27. The third kappa shape index (κ3) is 8.18. The van der Waals surface area contributed by atoms with Crippen molar-refractivity contribution < 1.29 is 40.4 Å². The Morgan fingerprint density at radius 2 is 1.38 bits per heavy atom. The predicted octanol–water partition coefficient (Wildman–Crippen LogP) is 8.35. The Bertz CT molecular complexity index is 1500. The molecule has 0 bridgehead atoms. The third-order valence-corrected chi connectivity index (χ3v) is 24.1. The molecule has 3 heterocycles. The highest BCUT2D eigenvalue weighted by molar-refractivity contribution is 6.75. The quantitative estimate of drug-likeness (QED) is 0.195. The number of fused-ring (bicyclic) bond motifs is 1. The zero-order chi connectivity index (χ0) is 37.2. The Morgan fingerprint density at radius 3 is 1.83 bits per heavy atom. The number of carbonyl (C=O) groups is 1. The number of carbonyl (C=O) groups excluding carboxylic acids is 1. The highest BCUT2D eigenvalue weighted by atomic mass is 28.4. The number of aromatic nitrogens is 3. The highest BCUT2D eigenvalue weighted by Crippen LogP contribution is 2.47. The van der Waals surface area contributed by atoms with E-state index in [9.17, 15) is 18.0 Å². The molecule has 0 radical (unpaired) electrons. The van der Waals surface area contributed by atoms with Gasteiger partial charge in [0, 0.05) is 0 Å². The van der Waals surface area contributed by atoms with E-state index in [1.807, 2.05) is 0 Å². The van der Waals surface area contributed by atoms with Gasteiger partial charge in [0.1, 0.15) is 29.3 Å². The van der Waals surface area contributed by atoms with Crippen LogP contribution in [0.4, 0.5) is 29.2 Å². The number of anilines is 2. The molecule has 0 saturated carbocycles. The molecular weight excluding hydrogens is 683 g/mol. The van der Waals surface area contributed by atoms with Crippen molar-refractivity contribution in [3.05, 3.63) is 12.1 Å². The SMILES string of the molecule is CC(C)(C)[Si](C)(C)OC[C@H]1O[C@@H](n2cnc3c(N)nc(NC(=O)C(F)(F)F)c(F)c32)[C@H](O[Si](C)(C)C(C)(C)C)[C@@H]1O[Si](C)(C)C(C)(C)C. The first kappa shape index (κ1) is 40.5. The molecule has 3 rings (SSSR count). The number of nitrogens with zero attached hydrogens (tertiary/aromatic N) is 3. The topological polar surface area (TPSA) is 123 Å². The number of ether oxygens (including phenoxy) is 1. The molecule has 1 fully saturated rings. The van der Waals surface area contributed by atoms with Crippen LogP contribution in [-0.4, -0.2) is 76.5 Å². The fraction of sp³-hybridized carbons (Fsp3) is 0.774. The number of hydrogen-bond donors (Lipinski definition) is 2. The second-order valence-corrected chi connectivity index (χ2v) is 31.6. The molecule has 2 aromatic rings. The minimum Gasteiger partial charge on any atom is -0.414 e. The molecule has 1 saturated heterocycles. The number of pyridine rings is 1. The summed E-state index contributed by atoms with van der Waals surface area (Å²) in [6.45, 7) is 32.0. The molecule has 1 amide bonds. The van der Waals surface area contributed by atoms with E-state index in [4.69, 9.17) is 23.7 Å². The van der Waals surface area contributed by atoms with Crippen molar-refractivity contribution in [1.82, 2.24) is 14.5 Å². The molecule has 48 heavy (non-hydrogen) atoms. The summed E-state index contributed by atoms with van der Waals surface area (Å²) in [7, 11) is -7.34. The molecule has 0 aliphatic carbocycles. The van der Waals surface area contributed by atoms with E-state index in [0.717, 1.165) is 0 Å².